The van der Waals surface area contributed by atoms with Crippen LogP contribution in [-0.2, 0) is 21.8 Å². The number of morpholine rings is 1. The molecule has 6 nitrogen and oxygen atoms in total. The highest BCUT2D eigenvalue weighted by Crippen LogP contribution is 2.23. The highest BCUT2D eigenvalue weighted by atomic mass is 35.5. The van der Waals surface area contributed by atoms with Crippen molar-refractivity contribution in [3.63, 3.8) is 0 Å². The van der Waals surface area contributed by atoms with Gasteiger partial charge in [0.1, 0.15) is 5.82 Å². The molecule has 1 saturated heterocycles. The standard InChI is InChI=1S/C17H21ClFN3O3S/c1-21-6-2-3-16(21)17(22-7-9-25-10-8-22)12-20-26(23,24)13-4-5-15(19)14(18)11-13/h2-6,11,17,20H,7-10,12H2,1H3/t17-/m1/s1. The van der Waals surface area contributed by atoms with Gasteiger partial charge in [-0.1, -0.05) is 11.6 Å². The Kier molecular flexibility index (Phi) is 5.99. The van der Waals surface area contributed by atoms with E-state index in [0.29, 0.717) is 13.2 Å². The molecule has 0 spiro atoms. The first kappa shape index (κ1) is 19.3. The van der Waals surface area contributed by atoms with Crippen LogP contribution in [0.2, 0.25) is 5.02 Å². The van der Waals surface area contributed by atoms with E-state index in [2.05, 4.69) is 9.62 Å². The number of sulfonamides is 1. The first-order chi connectivity index (χ1) is 12.4. The Labute approximate surface area is 157 Å². The molecule has 3 rings (SSSR count). The van der Waals surface area contributed by atoms with Crippen molar-refractivity contribution in [2.75, 3.05) is 32.8 Å². The van der Waals surface area contributed by atoms with E-state index in [9.17, 15) is 12.8 Å². The zero-order valence-corrected chi connectivity index (χ0v) is 15.9. The minimum absolute atomic E-state index is 0.0588. The maximum atomic E-state index is 13.3. The number of benzene rings is 1. The lowest BCUT2D eigenvalue weighted by Gasteiger charge is -2.34. The Hall–Kier alpha value is -1.45. The third kappa shape index (κ3) is 4.27. The van der Waals surface area contributed by atoms with Crippen LogP contribution in [-0.4, -0.2) is 50.7 Å². The number of hydrogen-bond donors (Lipinski definition) is 1. The molecule has 0 bridgehead atoms. The molecule has 1 aromatic heterocycles. The minimum atomic E-state index is -3.81. The molecule has 0 unspecified atom stereocenters. The SMILES string of the molecule is Cn1cccc1[C@@H](CNS(=O)(=O)c1ccc(F)c(Cl)c1)N1CCOCC1. The van der Waals surface area contributed by atoms with E-state index in [0.717, 1.165) is 30.9 Å². The number of halogens is 2. The van der Waals surface area contributed by atoms with Gasteiger partial charge in [0.2, 0.25) is 10.0 Å². The van der Waals surface area contributed by atoms with Crippen LogP contribution in [0.5, 0.6) is 0 Å². The van der Waals surface area contributed by atoms with Crippen LogP contribution in [0, 0.1) is 5.82 Å². The molecule has 26 heavy (non-hydrogen) atoms. The number of rotatable bonds is 6. The van der Waals surface area contributed by atoms with Crippen molar-refractivity contribution in [1.82, 2.24) is 14.2 Å². The van der Waals surface area contributed by atoms with Gasteiger partial charge in [0.25, 0.3) is 0 Å². The van der Waals surface area contributed by atoms with E-state index in [1.54, 1.807) is 0 Å². The first-order valence-corrected chi connectivity index (χ1v) is 10.1. The van der Waals surface area contributed by atoms with Gasteiger partial charge in [0, 0.05) is 38.6 Å². The van der Waals surface area contributed by atoms with Crippen LogP contribution in [0.1, 0.15) is 11.7 Å². The monoisotopic (exact) mass is 401 g/mol. The fraction of sp³-hybridized carbons (Fsp3) is 0.412. The summed E-state index contributed by atoms with van der Waals surface area (Å²) >= 11 is 5.71. The summed E-state index contributed by atoms with van der Waals surface area (Å²) in [5.74, 6) is -0.652. The highest BCUT2D eigenvalue weighted by Gasteiger charge is 2.26. The van der Waals surface area contributed by atoms with E-state index in [1.165, 1.54) is 6.07 Å². The highest BCUT2D eigenvalue weighted by molar-refractivity contribution is 7.89. The quantitative estimate of drug-likeness (QED) is 0.805. The predicted octanol–water partition coefficient (Wildman–Crippen LogP) is 2.17. The molecule has 1 aliphatic heterocycles. The molecule has 1 N–H and O–H groups in total. The van der Waals surface area contributed by atoms with Crippen molar-refractivity contribution in [2.45, 2.75) is 10.9 Å². The van der Waals surface area contributed by atoms with Crippen molar-refractivity contribution in [3.8, 4) is 0 Å². The minimum Gasteiger partial charge on any atom is -0.379 e. The zero-order chi connectivity index (χ0) is 18.7. The molecule has 1 fully saturated rings. The van der Waals surface area contributed by atoms with Crippen LogP contribution >= 0.6 is 11.6 Å². The predicted molar refractivity (Wildman–Crippen MR) is 97.1 cm³/mol. The van der Waals surface area contributed by atoms with Gasteiger partial charge in [-0.05, 0) is 30.3 Å². The average molecular weight is 402 g/mol. The van der Waals surface area contributed by atoms with E-state index >= 15 is 0 Å². The molecule has 1 aliphatic rings. The van der Waals surface area contributed by atoms with Crippen LogP contribution in [0.25, 0.3) is 0 Å². The Morgan fingerprint density at radius 2 is 2.04 bits per heavy atom. The molecule has 0 saturated carbocycles. The van der Waals surface area contributed by atoms with Crippen LogP contribution < -0.4 is 4.72 Å². The van der Waals surface area contributed by atoms with Gasteiger partial charge in [0.05, 0.1) is 29.2 Å². The molecular weight excluding hydrogens is 381 g/mol. The molecule has 9 heteroatoms. The van der Waals surface area contributed by atoms with Gasteiger partial charge in [0.15, 0.2) is 0 Å². The first-order valence-electron chi connectivity index (χ1n) is 8.26. The third-order valence-electron chi connectivity index (χ3n) is 4.48. The largest absolute Gasteiger partial charge is 0.379 e. The van der Waals surface area contributed by atoms with Crippen molar-refractivity contribution in [1.29, 1.82) is 0 Å². The topological polar surface area (TPSA) is 63.6 Å². The summed E-state index contributed by atoms with van der Waals surface area (Å²) in [6, 6.07) is 7.14. The van der Waals surface area contributed by atoms with Crippen molar-refractivity contribution < 1.29 is 17.5 Å². The second-order valence-electron chi connectivity index (χ2n) is 6.14. The van der Waals surface area contributed by atoms with Gasteiger partial charge in [-0.15, -0.1) is 0 Å². The number of hydrogen-bond acceptors (Lipinski definition) is 4. The van der Waals surface area contributed by atoms with E-state index < -0.39 is 15.8 Å². The summed E-state index contributed by atoms with van der Waals surface area (Å²) < 4.78 is 48.5. The van der Waals surface area contributed by atoms with E-state index in [-0.39, 0.29) is 22.5 Å². The van der Waals surface area contributed by atoms with Gasteiger partial charge >= 0.3 is 0 Å². The molecule has 142 valence electrons. The van der Waals surface area contributed by atoms with E-state index in [4.69, 9.17) is 16.3 Å². The second kappa shape index (κ2) is 8.06. The summed E-state index contributed by atoms with van der Waals surface area (Å²) in [5.41, 5.74) is 1.01. The fourth-order valence-electron chi connectivity index (χ4n) is 3.05. The molecule has 2 heterocycles. The zero-order valence-electron chi connectivity index (χ0n) is 14.4. The lowest BCUT2D eigenvalue weighted by Crippen LogP contribution is -2.44. The fourth-order valence-corrected chi connectivity index (χ4v) is 4.36. The maximum Gasteiger partial charge on any atom is 0.240 e. The van der Waals surface area contributed by atoms with Crippen molar-refractivity contribution in [2.24, 2.45) is 7.05 Å². The summed E-state index contributed by atoms with van der Waals surface area (Å²) in [6.45, 7) is 2.86. The average Bonchev–Trinajstić information content (AvgIpc) is 3.04. The van der Waals surface area contributed by atoms with Gasteiger partial charge in [-0.3, -0.25) is 4.90 Å². The van der Waals surface area contributed by atoms with Crippen LogP contribution in [0.3, 0.4) is 0 Å². The molecule has 1 atom stereocenters. The van der Waals surface area contributed by atoms with Crippen molar-refractivity contribution >= 4 is 21.6 Å². The summed E-state index contributed by atoms with van der Waals surface area (Å²) in [7, 11) is -1.88. The molecule has 0 amide bonds. The lowest BCUT2D eigenvalue weighted by molar-refractivity contribution is 0.0158. The Bertz CT molecular complexity index is 866. The Morgan fingerprint density at radius 3 is 2.65 bits per heavy atom. The lowest BCUT2D eigenvalue weighted by atomic mass is 10.1. The molecular formula is C17H21ClFN3O3S. The summed E-state index contributed by atoms with van der Waals surface area (Å²) in [6.07, 6.45) is 1.93. The molecule has 0 radical (unpaired) electrons. The Morgan fingerprint density at radius 1 is 1.31 bits per heavy atom. The molecule has 0 aliphatic carbocycles. The number of aromatic nitrogens is 1. The van der Waals surface area contributed by atoms with Gasteiger partial charge in [-0.25, -0.2) is 17.5 Å². The number of ether oxygens (including phenoxy) is 1. The van der Waals surface area contributed by atoms with Crippen LogP contribution in [0.15, 0.2) is 41.4 Å². The smallest absolute Gasteiger partial charge is 0.240 e. The van der Waals surface area contributed by atoms with Crippen LogP contribution in [0.4, 0.5) is 4.39 Å². The molecule has 1 aromatic carbocycles. The number of aryl methyl sites for hydroxylation is 1. The normalized spacial score (nSPS) is 17.3. The number of nitrogens with one attached hydrogen (secondary N) is 1. The maximum absolute atomic E-state index is 13.3. The third-order valence-corrected chi connectivity index (χ3v) is 6.19. The van der Waals surface area contributed by atoms with Gasteiger partial charge in [-0.2, -0.15) is 0 Å². The van der Waals surface area contributed by atoms with Crippen molar-refractivity contribution in [3.05, 3.63) is 53.1 Å². The Balaban J connectivity index is 1.80. The number of nitrogens with zero attached hydrogens (tertiary/aromatic N) is 2. The van der Waals surface area contributed by atoms with E-state index in [1.807, 2.05) is 29.9 Å². The van der Waals surface area contributed by atoms with Gasteiger partial charge < -0.3 is 9.30 Å². The molecule has 2 aromatic rings. The second-order valence-corrected chi connectivity index (χ2v) is 8.31. The summed E-state index contributed by atoms with van der Waals surface area (Å²) in [4.78, 5) is 2.13. The summed E-state index contributed by atoms with van der Waals surface area (Å²) in [5, 5.41) is -0.222.